The normalized spacial score (nSPS) is 18.5. The van der Waals surface area contributed by atoms with Crippen LogP contribution >= 0.6 is 0 Å². The van der Waals surface area contributed by atoms with Crippen molar-refractivity contribution in [3.63, 3.8) is 0 Å². The van der Waals surface area contributed by atoms with Gasteiger partial charge in [-0.1, -0.05) is 30.5 Å². The summed E-state index contributed by atoms with van der Waals surface area (Å²) in [5.41, 5.74) is 2.21. The highest BCUT2D eigenvalue weighted by Gasteiger charge is 2.21. The topological polar surface area (TPSA) is 32.3 Å². The summed E-state index contributed by atoms with van der Waals surface area (Å²) < 4.78 is 0. The second-order valence-corrected chi connectivity index (χ2v) is 5.35. The predicted molar refractivity (Wildman–Crippen MR) is 71.1 cm³/mol. The first kappa shape index (κ1) is 12.4. The van der Waals surface area contributed by atoms with Crippen LogP contribution in [0.2, 0.25) is 0 Å². The lowest BCUT2D eigenvalue weighted by Gasteiger charge is -2.20. The van der Waals surface area contributed by atoms with Crippen molar-refractivity contribution in [2.75, 3.05) is 0 Å². The molecule has 1 atom stereocenters. The van der Waals surface area contributed by atoms with E-state index in [1.54, 1.807) is 6.07 Å². The van der Waals surface area contributed by atoms with E-state index in [0.29, 0.717) is 11.8 Å². The maximum atomic E-state index is 9.77. The van der Waals surface area contributed by atoms with Crippen LogP contribution in [0.5, 0.6) is 5.75 Å². The Kier molecular flexibility index (Phi) is 4.06. The number of phenolic OH excluding ortho intramolecular Hbond substituents is 1. The van der Waals surface area contributed by atoms with Gasteiger partial charge < -0.3 is 10.4 Å². The Labute approximate surface area is 104 Å². The molecule has 2 N–H and O–H groups in total. The summed E-state index contributed by atoms with van der Waals surface area (Å²) >= 11 is 0. The summed E-state index contributed by atoms with van der Waals surface area (Å²) in [4.78, 5) is 0. The maximum absolute atomic E-state index is 9.77. The molecule has 1 aliphatic carbocycles. The van der Waals surface area contributed by atoms with Crippen LogP contribution in [0.4, 0.5) is 0 Å². The van der Waals surface area contributed by atoms with E-state index in [0.717, 1.165) is 18.0 Å². The average molecular weight is 233 g/mol. The van der Waals surface area contributed by atoms with Gasteiger partial charge in [0.1, 0.15) is 5.75 Å². The largest absolute Gasteiger partial charge is 0.508 e. The van der Waals surface area contributed by atoms with Crippen molar-refractivity contribution >= 4 is 0 Å². The van der Waals surface area contributed by atoms with Gasteiger partial charge in [-0.05, 0) is 38.7 Å². The molecule has 1 aliphatic rings. The molecule has 1 fully saturated rings. The monoisotopic (exact) mass is 233 g/mol. The Hall–Kier alpha value is -1.02. The molecule has 17 heavy (non-hydrogen) atoms. The molecule has 0 saturated heterocycles. The van der Waals surface area contributed by atoms with Gasteiger partial charge in [-0.2, -0.15) is 0 Å². The van der Waals surface area contributed by atoms with Crippen LogP contribution in [-0.4, -0.2) is 11.1 Å². The molecule has 2 rings (SSSR count). The average Bonchev–Trinajstić information content (AvgIpc) is 2.83. The fourth-order valence-electron chi connectivity index (χ4n) is 2.75. The zero-order valence-electron chi connectivity index (χ0n) is 10.9. The number of aromatic hydroxyl groups is 1. The van der Waals surface area contributed by atoms with Crippen molar-refractivity contribution in [2.45, 2.75) is 52.1 Å². The van der Waals surface area contributed by atoms with E-state index in [1.807, 2.05) is 6.07 Å². The Morgan fingerprint density at radius 1 is 1.35 bits per heavy atom. The number of phenols is 1. The third-order valence-corrected chi connectivity index (χ3v) is 3.96. The van der Waals surface area contributed by atoms with Gasteiger partial charge in [0, 0.05) is 18.2 Å². The highest BCUT2D eigenvalue weighted by atomic mass is 16.3. The first-order chi connectivity index (χ1) is 8.16. The molecule has 1 unspecified atom stereocenters. The molecule has 0 amide bonds. The van der Waals surface area contributed by atoms with Gasteiger partial charge in [-0.15, -0.1) is 0 Å². The van der Waals surface area contributed by atoms with Crippen molar-refractivity contribution in [3.8, 4) is 5.75 Å². The molecule has 1 saturated carbocycles. The minimum Gasteiger partial charge on any atom is -0.508 e. The summed E-state index contributed by atoms with van der Waals surface area (Å²) in [7, 11) is 0. The zero-order valence-corrected chi connectivity index (χ0v) is 10.9. The first-order valence-electron chi connectivity index (χ1n) is 6.68. The molecule has 0 heterocycles. The standard InChI is InChI=1S/C15H23NO/c1-11-7-8-15(17)14(9-11)10-16-12(2)13-5-3-4-6-13/h7-9,12-13,16-17H,3-6,10H2,1-2H3. The molecule has 1 aromatic carbocycles. The highest BCUT2D eigenvalue weighted by molar-refractivity contribution is 5.35. The van der Waals surface area contributed by atoms with E-state index in [2.05, 4.69) is 25.2 Å². The van der Waals surface area contributed by atoms with Crippen LogP contribution in [0.25, 0.3) is 0 Å². The minimum atomic E-state index is 0.404. The molecule has 0 bridgehead atoms. The second-order valence-electron chi connectivity index (χ2n) is 5.35. The van der Waals surface area contributed by atoms with Crippen LogP contribution in [0.3, 0.4) is 0 Å². The Morgan fingerprint density at radius 2 is 2.06 bits per heavy atom. The lowest BCUT2D eigenvalue weighted by atomic mass is 9.99. The van der Waals surface area contributed by atoms with Gasteiger partial charge in [-0.25, -0.2) is 0 Å². The maximum Gasteiger partial charge on any atom is 0.120 e. The Bertz CT molecular complexity index is 369. The summed E-state index contributed by atoms with van der Waals surface area (Å²) in [6, 6.07) is 6.34. The van der Waals surface area contributed by atoms with Crippen molar-refractivity contribution < 1.29 is 5.11 Å². The van der Waals surface area contributed by atoms with E-state index in [1.165, 1.54) is 31.2 Å². The van der Waals surface area contributed by atoms with Crippen LogP contribution in [0, 0.1) is 12.8 Å². The minimum absolute atomic E-state index is 0.404. The van der Waals surface area contributed by atoms with Crippen LogP contribution < -0.4 is 5.32 Å². The van der Waals surface area contributed by atoms with Crippen molar-refractivity contribution in [3.05, 3.63) is 29.3 Å². The SMILES string of the molecule is Cc1ccc(O)c(CNC(C)C2CCCC2)c1. The van der Waals surface area contributed by atoms with E-state index >= 15 is 0 Å². The quantitative estimate of drug-likeness (QED) is 0.835. The molecule has 0 spiro atoms. The molecule has 2 nitrogen and oxygen atoms in total. The summed E-state index contributed by atoms with van der Waals surface area (Å²) in [5.74, 6) is 1.23. The van der Waals surface area contributed by atoms with Gasteiger partial charge in [0.15, 0.2) is 0 Å². The molecular weight excluding hydrogens is 210 g/mol. The summed E-state index contributed by atoms with van der Waals surface area (Å²) in [6.07, 6.45) is 5.47. The molecular formula is C15H23NO. The zero-order chi connectivity index (χ0) is 12.3. The predicted octanol–water partition coefficient (Wildman–Crippen LogP) is 3.37. The number of nitrogens with one attached hydrogen (secondary N) is 1. The smallest absolute Gasteiger partial charge is 0.120 e. The summed E-state index contributed by atoms with van der Waals surface area (Å²) in [6.45, 7) is 5.09. The van der Waals surface area contributed by atoms with E-state index in [4.69, 9.17) is 0 Å². The van der Waals surface area contributed by atoms with Gasteiger partial charge in [0.2, 0.25) is 0 Å². The molecule has 0 aliphatic heterocycles. The van der Waals surface area contributed by atoms with Crippen LogP contribution in [0.15, 0.2) is 18.2 Å². The summed E-state index contributed by atoms with van der Waals surface area (Å²) in [5, 5.41) is 13.3. The van der Waals surface area contributed by atoms with Gasteiger partial charge in [0.25, 0.3) is 0 Å². The van der Waals surface area contributed by atoms with E-state index < -0.39 is 0 Å². The molecule has 0 aromatic heterocycles. The molecule has 0 radical (unpaired) electrons. The molecule has 2 heteroatoms. The number of hydrogen-bond donors (Lipinski definition) is 2. The Balaban J connectivity index is 1.90. The van der Waals surface area contributed by atoms with Gasteiger partial charge in [-0.3, -0.25) is 0 Å². The second kappa shape index (κ2) is 5.54. The lowest BCUT2D eigenvalue weighted by Crippen LogP contribution is -2.31. The third kappa shape index (κ3) is 3.22. The number of benzene rings is 1. The van der Waals surface area contributed by atoms with Crippen molar-refractivity contribution in [1.82, 2.24) is 5.32 Å². The number of hydrogen-bond acceptors (Lipinski definition) is 2. The van der Waals surface area contributed by atoms with E-state index in [-0.39, 0.29) is 0 Å². The first-order valence-corrected chi connectivity index (χ1v) is 6.68. The van der Waals surface area contributed by atoms with E-state index in [9.17, 15) is 5.11 Å². The lowest BCUT2D eigenvalue weighted by molar-refractivity contribution is 0.376. The van der Waals surface area contributed by atoms with Crippen molar-refractivity contribution in [2.24, 2.45) is 5.92 Å². The Morgan fingerprint density at radius 3 is 2.76 bits per heavy atom. The molecule has 1 aromatic rings. The number of rotatable bonds is 4. The van der Waals surface area contributed by atoms with Gasteiger partial charge in [0.05, 0.1) is 0 Å². The highest BCUT2D eigenvalue weighted by Crippen LogP contribution is 2.28. The fourth-order valence-corrected chi connectivity index (χ4v) is 2.75. The van der Waals surface area contributed by atoms with Gasteiger partial charge >= 0.3 is 0 Å². The van der Waals surface area contributed by atoms with Crippen molar-refractivity contribution in [1.29, 1.82) is 0 Å². The molecule has 94 valence electrons. The van der Waals surface area contributed by atoms with Crippen LogP contribution in [0.1, 0.15) is 43.7 Å². The third-order valence-electron chi connectivity index (χ3n) is 3.96. The van der Waals surface area contributed by atoms with Crippen LogP contribution in [-0.2, 0) is 6.54 Å². The number of aryl methyl sites for hydroxylation is 1. The fraction of sp³-hybridized carbons (Fsp3) is 0.600.